The van der Waals surface area contributed by atoms with Crippen molar-refractivity contribution in [1.82, 2.24) is 0 Å². The molecule has 90 valence electrons. The Morgan fingerprint density at radius 3 is 2.53 bits per heavy atom. The van der Waals surface area contributed by atoms with Crippen LogP contribution in [0, 0.1) is 11.8 Å². The summed E-state index contributed by atoms with van der Waals surface area (Å²) in [7, 11) is 0. The van der Waals surface area contributed by atoms with Crippen LogP contribution in [0.15, 0.2) is 0 Å². The third-order valence-corrected chi connectivity index (χ3v) is 4.71. The summed E-state index contributed by atoms with van der Waals surface area (Å²) in [6.45, 7) is 9.19. The standard InChI is InChI=1S/C13H27NS/c1-10-6-5-7-11(8-10)12(14)9-15-13(2,3)4/h10-12H,5-9,14H2,1-4H3. The van der Waals surface area contributed by atoms with Crippen molar-refractivity contribution in [1.29, 1.82) is 0 Å². The largest absolute Gasteiger partial charge is 0.327 e. The minimum Gasteiger partial charge on any atom is -0.327 e. The zero-order valence-corrected chi connectivity index (χ0v) is 11.6. The van der Waals surface area contributed by atoms with Crippen molar-refractivity contribution in [2.45, 2.75) is 64.2 Å². The van der Waals surface area contributed by atoms with Gasteiger partial charge in [-0.1, -0.05) is 40.5 Å². The summed E-state index contributed by atoms with van der Waals surface area (Å²) >= 11 is 2.01. The lowest BCUT2D eigenvalue weighted by molar-refractivity contribution is 0.256. The molecule has 1 saturated carbocycles. The Morgan fingerprint density at radius 1 is 1.33 bits per heavy atom. The molecule has 2 heteroatoms. The lowest BCUT2D eigenvalue weighted by Crippen LogP contribution is -2.36. The summed E-state index contributed by atoms with van der Waals surface area (Å²) in [6.07, 6.45) is 5.51. The van der Waals surface area contributed by atoms with E-state index in [-0.39, 0.29) is 0 Å². The summed E-state index contributed by atoms with van der Waals surface area (Å²) in [4.78, 5) is 0. The molecular weight excluding hydrogens is 202 g/mol. The molecule has 1 nitrogen and oxygen atoms in total. The fraction of sp³-hybridized carbons (Fsp3) is 1.00. The van der Waals surface area contributed by atoms with E-state index in [9.17, 15) is 0 Å². The van der Waals surface area contributed by atoms with Crippen molar-refractivity contribution in [3.63, 3.8) is 0 Å². The zero-order valence-electron chi connectivity index (χ0n) is 10.8. The van der Waals surface area contributed by atoms with Crippen molar-refractivity contribution in [2.75, 3.05) is 5.75 Å². The van der Waals surface area contributed by atoms with Gasteiger partial charge in [0.15, 0.2) is 0 Å². The van der Waals surface area contributed by atoms with Gasteiger partial charge < -0.3 is 5.73 Å². The highest BCUT2D eigenvalue weighted by Gasteiger charge is 2.25. The number of rotatable bonds is 3. The second-order valence-electron chi connectivity index (χ2n) is 6.12. The Bertz CT molecular complexity index is 185. The lowest BCUT2D eigenvalue weighted by Gasteiger charge is -2.32. The maximum absolute atomic E-state index is 6.30. The molecule has 1 rings (SSSR count). The maximum Gasteiger partial charge on any atom is 0.0159 e. The van der Waals surface area contributed by atoms with Crippen molar-refractivity contribution in [3.05, 3.63) is 0 Å². The van der Waals surface area contributed by atoms with Crippen LogP contribution in [0.3, 0.4) is 0 Å². The monoisotopic (exact) mass is 229 g/mol. The first-order valence-electron chi connectivity index (χ1n) is 6.28. The minimum absolute atomic E-state index is 0.359. The molecule has 0 aromatic carbocycles. The fourth-order valence-corrected chi connectivity index (χ4v) is 3.32. The molecule has 0 bridgehead atoms. The Morgan fingerprint density at radius 2 is 2.00 bits per heavy atom. The van der Waals surface area contributed by atoms with Gasteiger partial charge in [0.2, 0.25) is 0 Å². The molecule has 0 aromatic heterocycles. The second-order valence-corrected chi connectivity index (χ2v) is 7.97. The van der Waals surface area contributed by atoms with Gasteiger partial charge in [0.25, 0.3) is 0 Å². The van der Waals surface area contributed by atoms with Gasteiger partial charge in [-0.15, -0.1) is 0 Å². The number of hydrogen-bond donors (Lipinski definition) is 1. The van der Waals surface area contributed by atoms with E-state index >= 15 is 0 Å². The first-order valence-corrected chi connectivity index (χ1v) is 7.26. The van der Waals surface area contributed by atoms with Gasteiger partial charge in [-0.25, -0.2) is 0 Å². The van der Waals surface area contributed by atoms with Crippen LogP contribution in [-0.2, 0) is 0 Å². The van der Waals surface area contributed by atoms with E-state index in [1.807, 2.05) is 11.8 Å². The first kappa shape index (κ1) is 13.4. The van der Waals surface area contributed by atoms with E-state index in [2.05, 4.69) is 27.7 Å². The molecule has 0 spiro atoms. The van der Waals surface area contributed by atoms with E-state index in [0.29, 0.717) is 10.8 Å². The van der Waals surface area contributed by atoms with Crippen molar-refractivity contribution in [2.24, 2.45) is 17.6 Å². The summed E-state index contributed by atoms with van der Waals surface area (Å²) < 4.78 is 0.359. The first-order chi connectivity index (χ1) is 6.88. The molecule has 0 heterocycles. The van der Waals surface area contributed by atoms with Crippen LogP contribution in [0.25, 0.3) is 0 Å². The summed E-state index contributed by atoms with van der Waals surface area (Å²) in [5, 5.41) is 0. The lowest BCUT2D eigenvalue weighted by atomic mass is 9.79. The summed E-state index contributed by atoms with van der Waals surface area (Å²) in [6, 6.07) is 0.414. The Labute approximate surface area is 99.6 Å². The SMILES string of the molecule is CC1CCCC(C(N)CSC(C)(C)C)C1. The predicted octanol–water partition coefficient (Wildman–Crippen LogP) is 3.67. The molecule has 3 unspecified atom stereocenters. The molecule has 0 saturated heterocycles. The van der Waals surface area contributed by atoms with Crippen molar-refractivity contribution in [3.8, 4) is 0 Å². The van der Waals surface area contributed by atoms with Crippen LogP contribution < -0.4 is 5.73 Å². The third-order valence-electron chi connectivity index (χ3n) is 3.29. The van der Waals surface area contributed by atoms with Crippen LogP contribution in [0.4, 0.5) is 0 Å². The maximum atomic E-state index is 6.30. The molecule has 1 fully saturated rings. The highest BCUT2D eigenvalue weighted by atomic mass is 32.2. The molecule has 3 atom stereocenters. The Hall–Kier alpha value is 0.310. The normalized spacial score (nSPS) is 30.2. The van der Waals surface area contributed by atoms with Crippen LogP contribution in [-0.4, -0.2) is 16.5 Å². The van der Waals surface area contributed by atoms with Crippen LogP contribution >= 0.6 is 11.8 Å². The van der Waals surface area contributed by atoms with Crippen molar-refractivity contribution < 1.29 is 0 Å². The van der Waals surface area contributed by atoms with Gasteiger partial charge in [-0.3, -0.25) is 0 Å². The molecule has 1 aliphatic carbocycles. The molecule has 0 aliphatic heterocycles. The molecule has 0 aromatic rings. The van der Waals surface area contributed by atoms with Gasteiger partial charge >= 0.3 is 0 Å². The van der Waals surface area contributed by atoms with Crippen LogP contribution in [0.5, 0.6) is 0 Å². The topological polar surface area (TPSA) is 26.0 Å². The molecule has 0 amide bonds. The van der Waals surface area contributed by atoms with Gasteiger partial charge in [0.05, 0.1) is 0 Å². The van der Waals surface area contributed by atoms with Gasteiger partial charge in [0, 0.05) is 16.5 Å². The number of hydrogen-bond acceptors (Lipinski definition) is 2. The van der Waals surface area contributed by atoms with E-state index in [4.69, 9.17) is 5.73 Å². The minimum atomic E-state index is 0.359. The van der Waals surface area contributed by atoms with Crippen LogP contribution in [0.1, 0.15) is 53.4 Å². The average molecular weight is 229 g/mol. The summed E-state index contributed by atoms with van der Waals surface area (Å²) in [5.74, 6) is 2.80. The summed E-state index contributed by atoms with van der Waals surface area (Å²) in [5.41, 5.74) is 6.30. The van der Waals surface area contributed by atoms with Gasteiger partial charge in [-0.05, 0) is 24.7 Å². The highest BCUT2D eigenvalue weighted by molar-refractivity contribution is 8.00. The zero-order chi connectivity index (χ0) is 11.5. The highest BCUT2D eigenvalue weighted by Crippen LogP contribution is 2.32. The van der Waals surface area contributed by atoms with E-state index in [1.54, 1.807) is 0 Å². The predicted molar refractivity (Wildman–Crippen MR) is 71.3 cm³/mol. The average Bonchev–Trinajstić information content (AvgIpc) is 2.13. The van der Waals surface area contributed by atoms with Gasteiger partial charge in [0.1, 0.15) is 0 Å². The molecule has 1 aliphatic rings. The van der Waals surface area contributed by atoms with Crippen LogP contribution in [0.2, 0.25) is 0 Å². The molecule has 15 heavy (non-hydrogen) atoms. The smallest absolute Gasteiger partial charge is 0.0159 e. The van der Waals surface area contributed by atoms with E-state index < -0.39 is 0 Å². The molecule has 2 N–H and O–H groups in total. The fourth-order valence-electron chi connectivity index (χ4n) is 2.35. The second kappa shape index (κ2) is 5.58. The Balaban J connectivity index is 2.29. The molecular formula is C13H27NS. The van der Waals surface area contributed by atoms with Gasteiger partial charge in [-0.2, -0.15) is 11.8 Å². The number of nitrogens with two attached hydrogens (primary N) is 1. The molecule has 0 radical (unpaired) electrons. The Kier molecular flexibility index (Phi) is 4.98. The third kappa shape index (κ3) is 5.26. The van der Waals surface area contributed by atoms with Crippen molar-refractivity contribution >= 4 is 11.8 Å². The quantitative estimate of drug-likeness (QED) is 0.799. The van der Waals surface area contributed by atoms with E-state index in [0.717, 1.165) is 17.6 Å². The number of thioether (sulfide) groups is 1. The van der Waals surface area contributed by atoms with E-state index in [1.165, 1.54) is 25.7 Å².